The first-order chi connectivity index (χ1) is 22.2. The second kappa shape index (κ2) is 13.4. The van der Waals surface area contributed by atoms with Crippen molar-refractivity contribution in [3.05, 3.63) is 88.9 Å². The number of methoxy groups -OCH3 is 1. The Kier molecular flexibility index (Phi) is 9.16. The number of hydroxylamine groups is 1. The van der Waals surface area contributed by atoms with Crippen LogP contribution in [-0.4, -0.2) is 71.1 Å². The van der Waals surface area contributed by atoms with Crippen molar-refractivity contribution < 1.29 is 32.7 Å². The van der Waals surface area contributed by atoms with Crippen molar-refractivity contribution in [3.63, 3.8) is 0 Å². The summed E-state index contributed by atoms with van der Waals surface area (Å²) in [5, 5.41) is 15.4. The highest BCUT2D eigenvalue weighted by Crippen LogP contribution is 2.43. The summed E-state index contributed by atoms with van der Waals surface area (Å²) in [6.07, 6.45) is 0. The number of halogens is 2. The molecular formula is C30H27F2N9O5. The first-order valence-corrected chi connectivity index (χ1v) is 13.6. The number of aromatic nitrogens is 4. The summed E-state index contributed by atoms with van der Waals surface area (Å²) in [4.78, 5) is 46.2. The number of fused-ring (bicyclic) bond motifs is 1. The van der Waals surface area contributed by atoms with Crippen LogP contribution in [0.5, 0.6) is 5.88 Å². The summed E-state index contributed by atoms with van der Waals surface area (Å²) < 4.78 is 36.6. The largest absolute Gasteiger partial charge is 0.480 e. The van der Waals surface area contributed by atoms with E-state index in [4.69, 9.17) is 9.84 Å². The molecule has 2 amide bonds. The van der Waals surface area contributed by atoms with E-state index in [-0.39, 0.29) is 46.7 Å². The zero-order valence-electron chi connectivity index (χ0n) is 25.0. The van der Waals surface area contributed by atoms with Gasteiger partial charge in [0.05, 0.1) is 37.7 Å². The van der Waals surface area contributed by atoms with Gasteiger partial charge < -0.3 is 15.0 Å². The lowest BCUT2D eigenvalue weighted by Gasteiger charge is -2.36. The number of nitrogens with zero attached hydrogens (tertiary/aromatic N) is 7. The Morgan fingerprint density at radius 3 is 2.26 bits per heavy atom. The van der Waals surface area contributed by atoms with Gasteiger partial charge in [0.15, 0.2) is 23.5 Å². The summed E-state index contributed by atoms with van der Waals surface area (Å²) in [6.45, 7) is -0.286. The quantitative estimate of drug-likeness (QED) is 0.208. The summed E-state index contributed by atoms with van der Waals surface area (Å²) >= 11 is 0. The van der Waals surface area contributed by atoms with Gasteiger partial charge in [0.2, 0.25) is 11.7 Å². The summed E-state index contributed by atoms with van der Waals surface area (Å²) in [5.41, 5.74) is 3.27. The van der Waals surface area contributed by atoms with Crippen molar-refractivity contribution in [1.82, 2.24) is 30.4 Å². The molecular weight excluding hydrogens is 604 g/mol. The minimum Gasteiger partial charge on any atom is -0.480 e. The van der Waals surface area contributed by atoms with E-state index in [1.807, 2.05) is 10.8 Å². The van der Waals surface area contributed by atoms with Crippen LogP contribution in [0.4, 0.5) is 30.9 Å². The van der Waals surface area contributed by atoms with Crippen molar-refractivity contribution in [2.45, 2.75) is 13.1 Å². The second-order valence-corrected chi connectivity index (χ2v) is 10.0. The molecule has 2 aromatic heterocycles. The van der Waals surface area contributed by atoms with Gasteiger partial charge in [-0.1, -0.05) is 6.07 Å². The fraction of sp³-hybridized carbons (Fsp3) is 0.200. The number of ether oxygens (including phenoxy) is 1. The normalized spacial score (nSPS) is 12.5. The van der Waals surface area contributed by atoms with Gasteiger partial charge in [-0.15, -0.1) is 15.3 Å². The van der Waals surface area contributed by atoms with Crippen molar-refractivity contribution >= 4 is 40.9 Å². The minimum absolute atomic E-state index is 0.00970. The van der Waals surface area contributed by atoms with Gasteiger partial charge >= 0.3 is 6.03 Å². The van der Waals surface area contributed by atoms with Crippen LogP contribution in [0.3, 0.4) is 0 Å². The number of carbonyl (C=O) groups is 1. The van der Waals surface area contributed by atoms with E-state index in [0.29, 0.717) is 17.1 Å². The van der Waals surface area contributed by atoms with E-state index in [2.05, 4.69) is 25.8 Å². The average Bonchev–Trinajstić information content (AvgIpc) is 3.41. The molecule has 0 atom stereocenters. The van der Waals surface area contributed by atoms with Crippen LogP contribution in [0.2, 0.25) is 0 Å². The Balaban J connectivity index is 1.74. The maximum Gasteiger partial charge on any atom is 0.343 e. The molecule has 4 aromatic rings. The zero-order valence-corrected chi connectivity index (χ0v) is 25.0. The lowest BCUT2D eigenvalue weighted by molar-refractivity contribution is 0.114. The van der Waals surface area contributed by atoms with E-state index >= 15 is 0 Å². The SMILES string of the molecule is CONC(=O)Nc1ccc(-n2nc3c(c2CN(C)C)C(=C=O)N(c2ccc(OC)nn2)C(=C=O)N3Cc2c(F)cccc2F)cc1. The Morgan fingerprint density at radius 1 is 0.978 bits per heavy atom. The molecule has 0 fully saturated rings. The zero-order chi connectivity index (χ0) is 33.0. The highest BCUT2D eigenvalue weighted by molar-refractivity contribution is 6.05. The van der Waals surface area contributed by atoms with Crippen LogP contribution in [0.1, 0.15) is 16.8 Å². The van der Waals surface area contributed by atoms with Gasteiger partial charge in [-0.25, -0.2) is 33.3 Å². The molecule has 2 aromatic carbocycles. The number of hydrogen-bond donors (Lipinski definition) is 2. The molecule has 0 radical (unpaired) electrons. The fourth-order valence-electron chi connectivity index (χ4n) is 4.86. The summed E-state index contributed by atoms with van der Waals surface area (Å²) in [7, 11) is 6.30. The van der Waals surface area contributed by atoms with Gasteiger partial charge in [-0.05, 0) is 56.6 Å². The van der Waals surface area contributed by atoms with Gasteiger partial charge in [-0.2, -0.15) is 0 Å². The maximum absolute atomic E-state index is 15.0. The third-order valence-electron chi connectivity index (χ3n) is 6.81. The topological polar surface area (TPSA) is 147 Å². The smallest absolute Gasteiger partial charge is 0.343 e. The van der Waals surface area contributed by atoms with Crippen molar-refractivity contribution in [3.8, 4) is 11.6 Å². The van der Waals surface area contributed by atoms with E-state index in [1.165, 1.54) is 42.0 Å². The Bertz CT molecular complexity index is 1850. The number of hydrogen-bond acceptors (Lipinski definition) is 11. The molecule has 46 heavy (non-hydrogen) atoms. The first-order valence-electron chi connectivity index (χ1n) is 13.6. The molecule has 5 rings (SSSR count). The number of carbonyl (C=O) groups excluding carboxylic acids is 3. The standard InChI is InChI=1S/C30H27F2N9O5/c1-38(2)15-23-28-24(16-42)40(25-12-13-26(45-3)35-34-25)27(17-43)39(14-20-21(31)6-5-7-22(20)32)29(28)36-41(23)19-10-8-18(9-11-19)33-30(44)37-46-4/h5-13H,14-15H2,1-4H3,(H2,33,37,44). The van der Waals surface area contributed by atoms with Crippen LogP contribution in [0.15, 0.2) is 60.4 Å². The second-order valence-electron chi connectivity index (χ2n) is 10.0. The number of rotatable bonds is 9. The molecule has 3 heterocycles. The van der Waals surface area contributed by atoms with Gasteiger partial charge in [-0.3, -0.25) is 14.6 Å². The molecule has 14 nitrogen and oxygen atoms in total. The molecule has 1 aliphatic heterocycles. The number of urea groups is 1. The highest BCUT2D eigenvalue weighted by atomic mass is 19.1. The fourth-order valence-corrected chi connectivity index (χ4v) is 4.86. The van der Waals surface area contributed by atoms with E-state index in [1.54, 1.807) is 44.3 Å². The van der Waals surface area contributed by atoms with Crippen molar-refractivity contribution in [2.24, 2.45) is 0 Å². The average molecular weight is 632 g/mol. The van der Waals surface area contributed by atoms with E-state index < -0.39 is 24.2 Å². The van der Waals surface area contributed by atoms with E-state index in [0.717, 1.165) is 17.0 Å². The number of benzene rings is 2. The molecule has 0 spiro atoms. The number of nitrogens with one attached hydrogen (secondary N) is 2. The number of amides is 2. The Hall–Kier alpha value is -5.92. The molecule has 2 N–H and O–H groups in total. The highest BCUT2D eigenvalue weighted by Gasteiger charge is 2.41. The van der Waals surface area contributed by atoms with Crippen LogP contribution in [0.25, 0.3) is 11.4 Å². The number of anilines is 3. The first kappa shape index (κ1) is 31.5. The molecule has 16 heteroatoms. The molecule has 0 saturated heterocycles. The molecule has 0 unspecified atom stereocenters. The predicted octanol–water partition coefficient (Wildman–Crippen LogP) is 3.07. The summed E-state index contributed by atoms with van der Waals surface area (Å²) in [5.74, 6) is 1.88. The molecule has 1 aliphatic rings. The van der Waals surface area contributed by atoms with Crippen LogP contribution < -0.4 is 25.3 Å². The van der Waals surface area contributed by atoms with Crippen LogP contribution in [-0.2, 0) is 27.5 Å². The Morgan fingerprint density at radius 2 is 1.70 bits per heavy atom. The third-order valence-corrected chi connectivity index (χ3v) is 6.81. The predicted molar refractivity (Wildman–Crippen MR) is 162 cm³/mol. The lowest BCUT2D eigenvalue weighted by Crippen LogP contribution is -2.41. The third kappa shape index (κ3) is 6.04. The molecule has 0 aliphatic carbocycles. The van der Waals surface area contributed by atoms with E-state index in [9.17, 15) is 23.2 Å². The molecule has 0 bridgehead atoms. The van der Waals surface area contributed by atoms with Gasteiger partial charge in [0.25, 0.3) is 0 Å². The van der Waals surface area contributed by atoms with Gasteiger partial charge in [0, 0.05) is 23.9 Å². The Labute approximate surface area is 261 Å². The minimum atomic E-state index is -0.854. The van der Waals surface area contributed by atoms with Crippen molar-refractivity contribution in [1.29, 1.82) is 0 Å². The molecule has 236 valence electrons. The lowest BCUT2D eigenvalue weighted by atomic mass is 10.1. The van der Waals surface area contributed by atoms with Gasteiger partial charge in [0.1, 0.15) is 17.3 Å². The summed E-state index contributed by atoms with van der Waals surface area (Å²) in [6, 6.07) is 12.3. The monoisotopic (exact) mass is 631 g/mol. The maximum atomic E-state index is 15.0. The molecule has 0 saturated carbocycles. The van der Waals surface area contributed by atoms with Crippen LogP contribution in [0, 0.1) is 11.6 Å². The van der Waals surface area contributed by atoms with Crippen molar-refractivity contribution in [2.75, 3.05) is 43.4 Å². The van der Waals surface area contributed by atoms with Crippen LogP contribution >= 0.6 is 0 Å².